The molecule has 1 aromatic rings. The molecule has 130 valence electrons. The second-order valence-corrected chi connectivity index (χ2v) is 7.97. The molecule has 1 saturated heterocycles. The highest BCUT2D eigenvalue weighted by molar-refractivity contribution is 7.89. The molecule has 0 radical (unpaired) electrons. The highest BCUT2D eigenvalue weighted by Crippen LogP contribution is 2.29. The van der Waals surface area contributed by atoms with E-state index < -0.39 is 14.9 Å². The van der Waals surface area contributed by atoms with Gasteiger partial charge in [-0.2, -0.15) is 0 Å². The number of nitro benzene ring substituents is 1. The fraction of sp³-hybridized carbons (Fsp3) is 0.571. The van der Waals surface area contributed by atoms with Crippen LogP contribution in [0.5, 0.6) is 0 Å². The molecule has 2 N–H and O–H groups in total. The van der Waals surface area contributed by atoms with Gasteiger partial charge in [0.05, 0.1) is 9.82 Å². The molecule has 7 nitrogen and oxygen atoms in total. The number of piperidine rings is 1. The Morgan fingerprint density at radius 1 is 1.35 bits per heavy atom. The lowest BCUT2D eigenvalue weighted by molar-refractivity contribution is -0.384. The van der Waals surface area contributed by atoms with Crippen molar-refractivity contribution in [2.75, 3.05) is 13.1 Å². The summed E-state index contributed by atoms with van der Waals surface area (Å²) in [6, 6.07) is 4.95. The monoisotopic (exact) mass is 363 g/mol. The van der Waals surface area contributed by atoms with Crippen LogP contribution in [-0.4, -0.2) is 32.5 Å². The van der Waals surface area contributed by atoms with E-state index in [1.54, 1.807) is 0 Å². The lowest BCUT2D eigenvalue weighted by atomic mass is 9.78. The molecule has 1 fully saturated rings. The molecule has 1 aromatic carbocycles. The van der Waals surface area contributed by atoms with Gasteiger partial charge in [0.25, 0.3) is 5.69 Å². The van der Waals surface area contributed by atoms with Gasteiger partial charge in [-0.25, -0.2) is 13.1 Å². The summed E-state index contributed by atoms with van der Waals surface area (Å²) in [4.78, 5) is 10.1. The number of hydrogen-bond acceptors (Lipinski definition) is 5. The number of hydrogen-bond donors (Lipinski definition) is 2. The van der Waals surface area contributed by atoms with Gasteiger partial charge in [-0.1, -0.05) is 13.8 Å². The summed E-state index contributed by atoms with van der Waals surface area (Å²) in [5, 5.41) is 13.9. The highest BCUT2D eigenvalue weighted by Gasteiger charge is 2.32. The summed E-state index contributed by atoms with van der Waals surface area (Å²) >= 11 is 0. The fourth-order valence-corrected chi connectivity index (χ4v) is 3.69. The van der Waals surface area contributed by atoms with E-state index in [4.69, 9.17) is 0 Å². The molecule has 1 unspecified atom stereocenters. The molecule has 0 aromatic heterocycles. The van der Waals surface area contributed by atoms with Gasteiger partial charge in [-0.3, -0.25) is 10.1 Å². The number of nitrogens with one attached hydrogen (secondary N) is 2. The Hall–Kier alpha value is -1.22. The summed E-state index contributed by atoms with van der Waals surface area (Å²) in [5.41, 5.74) is -0.106. The van der Waals surface area contributed by atoms with Crippen LogP contribution in [0, 0.1) is 15.5 Å². The largest absolute Gasteiger partial charge is 0.312 e. The second-order valence-electron chi connectivity index (χ2n) is 6.20. The maximum absolute atomic E-state index is 12.3. The topological polar surface area (TPSA) is 101 Å². The lowest BCUT2D eigenvalue weighted by Gasteiger charge is -2.39. The Morgan fingerprint density at radius 3 is 2.48 bits per heavy atom. The van der Waals surface area contributed by atoms with E-state index in [2.05, 4.69) is 23.9 Å². The molecule has 1 aliphatic heterocycles. The molecule has 1 heterocycles. The number of sulfonamides is 1. The summed E-state index contributed by atoms with van der Waals surface area (Å²) in [6.45, 7) is 5.41. The standard InChI is InChI=1S/C14H21N3O4S.ClH/c1-14(2)8-3-9-15-13(14)10-16-22(20,21)12-6-4-11(5-7-12)17(18)19;/h4-7,13,15-16H,3,8-10H2,1-2H3;1H. The first-order valence-corrected chi connectivity index (χ1v) is 8.68. The number of nitrogens with zero attached hydrogens (tertiary/aromatic N) is 1. The minimum atomic E-state index is -3.66. The predicted octanol–water partition coefficient (Wildman–Crippen LogP) is 2.07. The Morgan fingerprint density at radius 2 is 1.96 bits per heavy atom. The minimum absolute atomic E-state index is 0. The molecule has 9 heteroatoms. The van der Waals surface area contributed by atoms with Crippen molar-refractivity contribution in [2.45, 2.75) is 37.6 Å². The lowest BCUT2D eigenvalue weighted by Crippen LogP contribution is -2.52. The van der Waals surface area contributed by atoms with Crippen molar-refractivity contribution in [2.24, 2.45) is 5.41 Å². The van der Waals surface area contributed by atoms with Crippen LogP contribution in [0.15, 0.2) is 29.2 Å². The number of nitro groups is 1. The maximum Gasteiger partial charge on any atom is 0.269 e. The fourth-order valence-electron chi connectivity index (χ4n) is 2.64. The molecular formula is C14H22ClN3O4S. The molecule has 0 amide bonds. The minimum Gasteiger partial charge on any atom is -0.312 e. The molecule has 0 aliphatic carbocycles. The molecule has 23 heavy (non-hydrogen) atoms. The van der Waals surface area contributed by atoms with Gasteiger partial charge >= 0.3 is 0 Å². The molecule has 2 rings (SSSR count). The van der Waals surface area contributed by atoms with E-state index in [1.165, 1.54) is 24.3 Å². The smallest absolute Gasteiger partial charge is 0.269 e. The predicted molar refractivity (Wildman–Crippen MR) is 90.3 cm³/mol. The van der Waals surface area contributed by atoms with Crippen LogP contribution in [0.4, 0.5) is 5.69 Å². The van der Waals surface area contributed by atoms with Crippen LogP contribution in [0.2, 0.25) is 0 Å². The summed E-state index contributed by atoms with van der Waals surface area (Å²) in [5.74, 6) is 0. The highest BCUT2D eigenvalue weighted by atomic mass is 35.5. The van der Waals surface area contributed by atoms with Gasteiger partial charge in [-0.15, -0.1) is 12.4 Å². The Bertz CT molecular complexity index is 646. The SMILES string of the molecule is CC1(C)CCCNC1CNS(=O)(=O)c1ccc([N+](=O)[O-])cc1.Cl. The van der Waals surface area contributed by atoms with Gasteiger partial charge in [0.15, 0.2) is 0 Å². The molecule has 1 aliphatic rings. The quantitative estimate of drug-likeness (QED) is 0.616. The van der Waals surface area contributed by atoms with Crippen molar-refractivity contribution in [1.82, 2.24) is 10.0 Å². The Balaban J connectivity index is 0.00000264. The Kier molecular flexibility index (Phi) is 6.52. The van der Waals surface area contributed by atoms with Crippen molar-refractivity contribution in [3.8, 4) is 0 Å². The van der Waals surface area contributed by atoms with Gasteiger partial charge < -0.3 is 5.32 Å². The van der Waals surface area contributed by atoms with Crippen LogP contribution in [-0.2, 0) is 10.0 Å². The third-order valence-corrected chi connectivity index (χ3v) is 5.61. The van der Waals surface area contributed by atoms with Crippen LogP contribution >= 0.6 is 12.4 Å². The van der Waals surface area contributed by atoms with E-state index in [0.717, 1.165) is 19.4 Å². The van der Waals surface area contributed by atoms with Gasteiger partial charge in [-0.05, 0) is 36.9 Å². The molecular weight excluding hydrogens is 342 g/mol. The first-order chi connectivity index (χ1) is 10.2. The van der Waals surface area contributed by atoms with E-state index in [9.17, 15) is 18.5 Å². The van der Waals surface area contributed by atoms with E-state index in [1.807, 2.05) is 0 Å². The van der Waals surface area contributed by atoms with Crippen LogP contribution in [0.1, 0.15) is 26.7 Å². The first-order valence-electron chi connectivity index (χ1n) is 7.20. The normalized spacial score (nSPS) is 20.5. The van der Waals surface area contributed by atoms with Gasteiger partial charge in [0, 0.05) is 24.7 Å². The second kappa shape index (κ2) is 7.57. The third-order valence-electron chi connectivity index (χ3n) is 4.17. The van der Waals surface area contributed by atoms with Crippen LogP contribution in [0.25, 0.3) is 0 Å². The van der Waals surface area contributed by atoms with Crippen LogP contribution < -0.4 is 10.0 Å². The average molecular weight is 364 g/mol. The van der Waals surface area contributed by atoms with Crippen molar-refractivity contribution < 1.29 is 13.3 Å². The van der Waals surface area contributed by atoms with Crippen molar-refractivity contribution in [3.05, 3.63) is 34.4 Å². The Labute approximate surface area is 142 Å². The number of rotatable bonds is 5. The zero-order chi connectivity index (χ0) is 16.4. The van der Waals surface area contributed by atoms with E-state index >= 15 is 0 Å². The summed E-state index contributed by atoms with van der Waals surface area (Å²) in [7, 11) is -3.66. The van der Waals surface area contributed by atoms with Crippen molar-refractivity contribution in [3.63, 3.8) is 0 Å². The van der Waals surface area contributed by atoms with E-state index in [0.29, 0.717) is 6.54 Å². The molecule has 1 atom stereocenters. The van der Waals surface area contributed by atoms with Gasteiger partial charge in [0.2, 0.25) is 10.0 Å². The molecule has 0 bridgehead atoms. The zero-order valence-corrected chi connectivity index (χ0v) is 14.7. The molecule has 0 saturated carbocycles. The van der Waals surface area contributed by atoms with Crippen molar-refractivity contribution in [1.29, 1.82) is 0 Å². The van der Waals surface area contributed by atoms with Crippen LogP contribution in [0.3, 0.4) is 0 Å². The maximum atomic E-state index is 12.3. The van der Waals surface area contributed by atoms with Gasteiger partial charge in [0.1, 0.15) is 0 Å². The number of non-ortho nitro benzene ring substituents is 1. The zero-order valence-electron chi connectivity index (χ0n) is 13.1. The first kappa shape index (κ1) is 19.8. The molecule has 0 spiro atoms. The summed E-state index contributed by atoms with van der Waals surface area (Å²) < 4.78 is 27.1. The third kappa shape index (κ3) is 4.87. The van der Waals surface area contributed by atoms with Crippen molar-refractivity contribution >= 4 is 28.1 Å². The summed E-state index contributed by atoms with van der Waals surface area (Å²) in [6.07, 6.45) is 2.13. The number of halogens is 1. The van der Waals surface area contributed by atoms with E-state index in [-0.39, 0.29) is 34.4 Å². The number of benzene rings is 1. The average Bonchev–Trinajstić information content (AvgIpc) is 2.46.